The number of carbonyl (C=O) groups is 1. The fourth-order valence-corrected chi connectivity index (χ4v) is 5.64. The lowest BCUT2D eigenvalue weighted by molar-refractivity contribution is -0.132. The van der Waals surface area contributed by atoms with E-state index in [2.05, 4.69) is 30.3 Å². The summed E-state index contributed by atoms with van der Waals surface area (Å²) in [5.41, 5.74) is 5.01. The van der Waals surface area contributed by atoms with Gasteiger partial charge in [-0.25, -0.2) is 5.48 Å². The number of nitrogens with zero attached hydrogens (tertiary/aromatic N) is 1. The molecule has 1 aliphatic heterocycles. The van der Waals surface area contributed by atoms with Crippen LogP contribution < -0.4 is 11.0 Å². The summed E-state index contributed by atoms with van der Waals surface area (Å²) < 4.78 is 1.57. The van der Waals surface area contributed by atoms with Gasteiger partial charge in [-0.05, 0) is 52.6 Å². The molecule has 2 aliphatic rings. The number of hydrogen-bond acceptors (Lipinski definition) is 4. The lowest BCUT2D eigenvalue weighted by Gasteiger charge is -2.17. The standard InChI is InChI=1S/C22H20N2O3S/c25-19-11-16(10-15-6-3-5-13-4-1-2-7-17(13)15)20(14-8-9-14)22-24(19)18(12-28-22)21(26)23-27/h1-7,11,14,18,27H,8-10,12H2,(H,23,26)/t18-/m0/s1. The highest BCUT2D eigenvalue weighted by Crippen LogP contribution is 2.48. The molecule has 142 valence electrons. The number of fused-ring (bicyclic) bond motifs is 2. The van der Waals surface area contributed by atoms with Gasteiger partial charge in [0.05, 0.1) is 5.03 Å². The first-order valence-electron chi connectivity index (χ1n) is 9.49. The number of rotatable bonds is 4. The molecule has 1 aliphatic carbocycles. The molecule has 3 aromatic rings. The Morgan fingerprint density at radius 1 is 1.14 bits per heavy atom. The number of hydroxylamine groups is 1. The monoisotopic (exact) mass is 392 g/mol. The van der Waals surface area contributed by atoms with Crippen LogP contribution in [-0.4, -0.2) is 21.4 Å². The molecule has 0 spiro atoms. The number of nitrogens with one attached hydrogen (secondary N) is 1. The third kappa shape index (κ3) is 2.84. The van der Waals surface area contributed by atoms with Crippen molar-refractivity contribution in [3.8, 4) is 0 Å². The molecular formula is C22H20N2O3S. The van der Waals surface area contributed by atoms with E-state index in [4.69, 9.17) is 5.21 Å². The van der Waals surface area contributed by atoms with Crippen LogP contribution in [0.15, 0.2) is 58.4 Å². The summed E-state index contributed by atoms with van der Waals surface area (Å²) in [7, 11) is 0. The highest BCUT2D eigenvalue weighted by Gasteiger charge is 2.37. The van der Waals surface area contributed by atoms with E-state index in [0.29, 0.717) is 18.1 Å². The first-order valence-corrected chi connectivity index (χ1v) is 10.5. The second kappa shape index (κ2) is 6.79. The Kier molecular flexibility index (Phi) is 4.25. The van der Waals surface area contributed by atoms with Crippen molar-refractivity contribution in [2.45, 2.75) is 36.2 Å². The van der Waals surface area contributed by atoms with E-state index >= 15 is 0 Å². The summed E-state index contributed by atoms with van der Waals surface area (Å²) in [6.45, 7) is 0. The lowest BCUT2D eigenvalue weighted by Crippen LogP contribution is -2.35. The van der Waals surface area contributed by atoms with Crippen LogP contribution in [0.4, 0.5) is 0 Å². The number of benzene rings is 2. The fraction of sp³-hybridized carbons (Fsp3) is 0.273. The molecule has 2 heterocycles. The molecule has 0 radical (unpaired) electrons. The van der Waals surface area contributed by atoms with Crippen molar-refractivity contribution in [3.05, 3.63) is 75.6 Å². The van der Waals surface area contributed by atoms with Crippen LogP contribution in [0.25, 0.3) is 10.8 Å². The second-order valence-corrected chi connectivity index (χ2v) is 8.50. The number of aromatic nitrogens is 1. The number of thioether (sulfide) groups is 1. The van der Waals surface area contributed by atoms with Crippen LogP contribution >= 0.6 is 11.8 Å². The molecule has 1 saturated carbocycles. The normalized spacial score (nSPS) is 18.2. The van der Waals surface area contributed by atoms with Gasteiger partial charge in [-0.1, -0.05) is 42.5 Å². The van der Waals surface area contributed by atoms with Gasteiger partial charge in [0.1, 0.15) is 6.04 Å². The number of hydrogen-bond donors (Lipinski definition) is 2. The molecule has 5 nitrogen and oxygen atoms in total. The zero-order valence-corrected chi connectivity index (χ0v) is 16.0. The maximum atomic E-state index is 12.9. The Morgan fingerprint density at radius 3 is 2.71 bits per heavy atom. The van der Waals surface area contributed by atoms with Crippen molar-refractivity contribution in [1.29, 1.82) is 0 Å². The van der Waals surface area contributed by atoms with Crippen molar-refractivity contribution in [2.75, 3.05) is 5.75 Å². The van der Waals surface area contributed by atoms with Crippen molar-refractivity contribution in [1.82, 2.24) is 10.0 Å². The minimum atomic E-state index is -0.651. The van der Waals surface area contributed by atoms with Gasteiger partial charge in [-0.2, -0.15) is 0 Å². The Bertz CT molecular complexity index is 1140. The predicted molar refractivity (Wildman–Crippen MR) is 109 cm³/mol. The predicted octanol–water partition coefficient (Wildman–Crippen LogP) is 3.62. The van der Waals surface area contributed by atoms with E-state index in [9.17, 15) is 9.59 Å². The van der Waals surface area contributed by atoms with Crippen molar-refractivity contribution in [3.63, 3.8) is 0 Å². The quantitative estimate of drug-likeness (QED) is 0.525. The number of pyridine rings is 1. The molecule has 2 aromatic carbocycles. The van der Waals surface area contributed by atoms with Crippen LogP contribution in [-0.2, 0) is 11.2 Å². The third-order valence-corrected chi connectivity index (χ3v) is 6.85. The molecule has 0 unspecified atom stereocenters. The van der Waals surface area contributed by atoms with Crippen LogP contribution in [0, 0.1) is 0 Å². The first kappa shape index (κ1) is 17.5. The molecule has 1 amide bonds. The Hall–Kier alpha value is -2.57. The smallest absolute Gasteiger partial charge is 0.267 e. The Morgan fingerprint density at radius 2 is 1.93 bits per heavy atom. The average Bonchev–Trinajstić information content (AvgIpc) is 3.45. The minimum Gasteiger partial charge on any atom is -0.289 e. The van der Waals surface area contributed by atoms with Gasteiger partial charge in [-0.15, -0.1) is 11.8 Å². The molecular weight excluding hydrogens is 372 g/mol. The minimum absolute atomic E-state index is 0.173. The van der Waals surface area contributed by atoms with E-state index < -0.39 is 11.9 Å². The summed E-state index contributed by atoms with van der Waals surface area (Å²) in [5.74, 6) is 0.395. The topological polar surface area (TPSA) is 71.3 Å². The molecule has 6 heteroatoms. The summed E-state index contributed by atoms with van der Waals surface area (Å²) in [4.78, 5) is 24.9. The summed E-state index contributed by atoms with van der Waals surface area (Å²) in [6.07, 6.45) is 2.93. The molecule has 1 atom stereocenters. The Balaban J connectivity index is 1.64. The van der Waals surface area contributed by atoms with E-state index in [-0.39, 0.29) is 5.56 Å². The van der Waals surface area contributed by atoms with Gasteiger partial charge < -0.3 is 0 Å². The van der Waals surface area contributed by atoms with Crippen molar-refractivity contribution < 1.29 is 10.0 Å². The molecule has 2 N–H and O–H groups in total. The van der Waals surface area contributed by atoms with Crippen molar-refractivity contribution in [2.24, 2.45) is 0 Å². The number of amides is 1. The van der Waals surface area contributed by atoms with Gasteiger partial charge in [0.25, 0.3) is 11.5 Å². The summed E-state index contributed by atoms with van der Waals surface area (Å²) in [5, 5.41) is 12.3. The molecule has 5 rings (SSSR count). The van der Waals surface area contributed by atoms with Crippen LogP contribution in [0.1, 0.15) is 41.5 Å². The largest absolute Gasteiger partial charge is 0.289 e. The SMILES string of the molecule is O=C(NO)[C@@H]1CSc2c(C3CC3)c(Cc3cccc4ccccc34)cc(=O)n21. The number of carbonyl (C=O) groups excluding carboxylic acids is 1. The maximum Gasteiger partial charge on any atom is 0.267 e. The van der Waals surface area contributed by atoms with Crippen molar-refractivity contribution >= 4 is 28.4 Å². The van der Waals surface area contributed by atoms with Gasteiger partial charge in [-0.3, -0.25) is 19.4 Å². The zero-order valence-electron chi connectivity index (χ0n) is 15.2. The van der Waals surface area contributed by atoms with Gasteiger partial charge in [0, 0.05) is 11.8 Å². The average molecular weight is 392 g/mol. The maximum absolute atomic E-state index is 12.9. The molecule has 28 heavy (non-hydrogen) atoms. The fourth-order valence-electron chi connectivity index (χ4n) is 4.21. The molecule has 1 fully saturated rings. The molecule has 0 bridgehead atoms. The first-order chi connectivity index (χ1) is 13.7. The van der Waals surface area contributed by atoms with Crippen LogP contribution in [0.2, 0.25) is 0 Å². The molecule has 1 aromatic heterocycles. The van der Waals surface area contributed by atoms with Gasteiger partial charge in [0.15, 0.2) is 0 Å². The highest BCUT2D eigenvalue weighted by atomic mass is 32.2. The second-order valence-electron chi connectivity index (χ2n) is 7.49. The zero-order chi connectivity index (χ0) is 19.3. The lowest BCUT2D eigenvalue weighted by atomic mass is 9.95. The highest BCUT2D eigenvalue weighted by molar-refractivity contribution is 7.99. The summed E-state index contributed by atoms with van der Waals surface area (Å²) >= 11 is 1.55. The summed E-state index contributed by atoms with van der Waals surface area (Å²) in [6, 6.07) is 15.6. The van der Waals surface area contributed by atoms with E-state index in [1.807, 2.05) is 12.1 Å². The van der Waals surface area contributed by atoms with E-state index in [1.165, 1.54) is 21.9 Å². The van der Waals surface area contributed by atoms with Gasteiger partial charge in [0.2, 0.25) is 0 Å². The van der Waals surface area contributed by atoms with E-state index in [0.717, 1.165) is 23.4 Å². The van der Waals surface area contributed by atoms with Crippen LogP contribution in [0.3, 0.4) is 0 Å². The van der Waals surface area contributed by atoms with Crippen LogP contribution in [0.5, 0.6) is 0 Å². The van der Waals surface area contributed by atoms with E-state index in [1.54, 1.807) is 27.9 Å². The Labute approximate surface area is 166 Å². The van der Waals surface area contributed by atoms with Gasteiger partial charge >= 0.3 is 0 Å². The third-order valence-electron chi connectivity index (χ3n) is 5.68. The molecule has 0 saturated heterocycles.